The van der Waals surface area contributed by atoms with Gasteiger partial charge in [-0.3, -0.25) is 5.10 Å². The molecular formula is C8H15N3S3. The molecule has 3 nitrogen and oxygen atoms in total. The van der Waals surface area contributed by atoms with Crippen molar-refractivity contribution in [2.45, 2.75) is 18.2 Å². The molecule has 1 heterocycles. The number of nitrogens with zero attached hydrogens (tertiary/aromatic N) is 2. The lowest BCUT2D eigenvalue weighted by Gasteiger charge is -2.16. The van der Waals surface area contributed by atoms with Gasteiger partial charge in [-0.25, -0.2) is 0 Å². The van der Waals surface area contributed by atoms with Crippen LogP contribution in [-0.2, 0) is 0 Å². The first-order valence-corrected chi connectivity index (χ1v) is 6.88. The van der Waals surface area contributed by atoms with Crippen molar-refractivity contribution in [1.82, 2.24) is 15.1 Å². The maximum atomic E-state index is 4.96. The Morgan fingerprint density at radius 1 is 1.50 bits per heavy atom. The van der Waals surface area contributed by atoms with Crippen molar-refractivity contribution < 1.29 is 0 Å². The van der Waals surface area contributed by atoms with E-state index in [1.54, 1.807) is 23.1 Å². The summed E-state index contributed by atoms with van der Waals surface area (Å²) in [6.07, 6.45) is 0. The summed E-state index contributed by atoms with van der Waals surface area (Å²) >= 11 is 8.27. The van der Waals surface area contributed by atoms with E-state index in [4.69, 9.17) is 12.2 Å². The van der Waals surface area contributed by atoms with E-state index in [9.17, 15) is 0 Å². The Kier molecular flexibility index (Phi) is 5.69. The Hall–Kier alpha value is 0.0900. The van der Waals surface area contributed by atoms with Gasteiger partial charge in [0.25, 0.3) is 0 Å². The van der Waals surface area contributed by atoms with Crippen molar-refractivity contribution in [3.05, 3.63) is 3.95 Å². The van der Waals surface area contributed by atoms with Crippen molar-refractivity contribution in [2.24, 2.45) is 0 Å². The Morgan fingerprint density at radius 3 is 2.71 bits per heavy atom. The summed E-state index contributed by atoms with van der Waals surface area (Å²) in [4.78, 5) is 2.40. The molecule has 0 aliphatic rings. The molecule has 1 rings (SSSR count). The molecule has 0 aliphatic heterocycles. The smallest absolute Gasteiger partial charge is 0.177 e. The highest BCUT2D eigenvalue weighted by molar-refractivity contribution is 8.01. The van der Waals surface area contributed by atoms with Crippen LogP contribution < -0.4 is 0 Å². The zero-order valence-electron chi connectivity index (χ0n) is 8.45. The highest BCUT2D eigenvalue weighted by Gasteiger charge is 2.01. The Labute approximate surface area is 97.9 Å². The van der Waals surface area contributed by atoms with Gasteiger partial charge in [0, 0.05) is 12.3 Å². The summed E-state index contributed by atoms with van der Waals surface area (Å²) in [5.74, 6) is 1.08. The van der Waals surface area contributed by atoms with E-state index in [1.165, 1.54) is 0 Å². The van der Waals surface area contributed by atoms with E-state index in [2.05, 4.69) is 28.9 Å². The zero-order valence-corrected chi connectivity index (χ0v) is 10.9. The van der Waals surface area contributed by atoms with Crippen LogP contribution in [0.5, 0.6) is 0 Å². The van der Waals surface area contributed by atoms with Crippen molar-refractivity contribution in [2.75, 3.05) is 25.4 Å². The third-order valence-corrected chi connectivity index (χ3v) is 4.16. The van der Waals surface area contributed by atoms with E-state index < -0.39 is 0 Å². The van der Waals surface area contributed by atoms with Gasteiger partial charge in [-0.05, 0) is 25.3 Å². The largest absolute Gasteiger partial charge is 0.303 e. The Morgan fingerprint density at radius 2 is 2.21 bits per heavy atom. The van der Waals surface area contributed by atoms with Gasteiger partial charge in [0.2, 0.25) is 0 Å². The molecule has 0 aromatic carbocycles. The monoisotopic (exact) mass is 249 g/mol. The van der Waals surface area contributed by atoms with Gasteiger partial charge in [-0.2, -0.15) is 5.10 Å². The number of rotatable bonds is 6. The molecule has 0 saturated carbocycles. The SMILES string of the molecule is CCN(CC)CCSc1n[nH]c(=S)s1. The number of hydrogen-bond acceptors (Lipinski definition) is 5. The normalized spacial score (nSPS) is 11.1. The van der Waals surface area contributed by atoms with Crippen LogP contribution in [-0.4, -0.2) is 40.5 Å². The maximum absolute atomic E-state index is 4.96. The highest BCUT2D eigenvalue weighted by atomic mass is 32.2. The number of aromatic amines is 1. The van der Waals surface area contributed by atoms with E-state index in [0.717, 1.165) is 33.7 Å². The number of H-pyrrole nitrogens is 1. The van der Waals surface area contributed by atoms with Gasteiger partial charge in [-0.1, -0.05) is 36.9 Å². The predicted molar refractivity (Wildman–Crippen MR) is 65.8 cm³/mol. The predicted octanol–water partition coefficient (Wildman–Crippen LogP) is 2.63. The summed E-state index contributed by atoms with van der Waals surface area (Å²) in [5, 5.41) is 6.88. The number of nitrogens with one attached hydrogen (secondary N) is 1. The summed E-state index contributed by atoms with van der Waals surface area (Å²) in [6, 6.07) is 0. The standard InChI is InChI=1S/C8H15N3S3/c1-3-11(4-2)5-6-13-8-10-9-7(12)14-8/h3-6H2,1-2H3,(H,9,12). The van der Waals surface area contributed by atoms with Gasteiger partial charge in [0.1, 0.15) is 0 Å². The van der Waals surface area contributed by atoms with Gasteiger partial charge < -0.3 is 4.90 Å². The molecule has 0 radical (unpaired) electrons. The topological polar surface area (TPSA) is 31.9 Å². The molecule has 80 valence electrons. The average molecular weight is 249 g/mol. The zero-order chi connectivity index (χ0) is 10.4. The molecule has 1 N–H and O–H groups in total. The lowest BCUT2D eigenvalue weighted by Crippen LogP contribution is -2.25. The minimum Gasteiger partial charge on any atom is -0.303 e. The van der Waals surface area contributed by atoms with E-state index in [1.807, 2.05) is 0 Å². The lowest BCUT2D eigenvalue weighted by atomic mass is 10.5. The molecule has 14 heavy (non-hydrogen) atoms. The van der Waals surface area contributed by atoms with Crippen LogP contribution >= 0.6 is 35.3 Å². The van der Waals surface area contributed by atoms with Crippen LogP contribution in [0.4, 0.5) is 0 Å². The van der Waals surface area contributed by atoms with Crippen LogP contribution in [0.25, 0.3) is 0 Å². The first kappa shape index (κ1) is 12.2. The van der Waals surface area contributed by atoms with Crippen LogP contribution in [0, 0.1) is 3.95 Å². The van der Waals surface area contributed by atoms with Crippen LogP contribution in [0.15, 0.2) is 4.34 Å². The minimum absolute atomic E-state index is 0.760. The second-order valence-corrected chi connectivity index (χ2v) is 5.76. The molecule has 0 fully saturated rings. The molecule has 0 amide bonds. The summed E-state index contributed by atoms with van der Waals surface area (Å²) in [7, 11) is 0. The van der Waals surface area contributed by atoms with E-state index in [-0.39, 0.29) is 0 Å². The Balaban J connectivity index is 2.24. The first-order valence-electron chi connectivity index (χ1n) is 4.67. The maximum Gasteiger partial charge on any atom is 0.177 e. The van der Waals surface area contributed by atoms with E-state index in [0.29, 0.717) is 0 Å². The van der Waals surface area contributed by atoms with E-state index >= 15 is 0 Å². The molecule has 0 atom stereocenters. The van der Waals surface area contributed by atoms with Crippen LogP contribution in [0.2, 0.25) is 0 Å². The fourth-order valence-electron chi connectivity index (χ4n) is 1.08. The lowest BCUT2D eigenvalue weighted by molar-refractivity contribution is 0.324. The molecule has 0 saturated heterocycles. The van der Waals surface area contributed by atoms with Crippen LogP contribution in [0.3, 0.4) is 0 Å². The molecular weight excluding hydrogens is 234 g/mol. The molecule has 0 bridgehead atoms. The molecule has 0 spiro atoms. The quantitative estimate of drug-likeness (QED) is 0.620. The summed E-state index contributed by atoms with van der Waals surface area (Å²) in [6.45, 7) is 7.73. The second kappa shape index (κ2) is 6.55. The average Bonchev–Trinajstić information content (AvgIpc) is 2.59. The van der Waals surface area contributed by atoms with Crippen molar-refractivity contribution in [3.63, 3.8) is 0 Å². The number of aromatic nitrogens is 2. The highest BCUT2D eigenvalue weighted by Crippen LogP contribution is 2.19. The molecule has 1 aromatic heterocycles. The third kappa shape index (κ3) is 4.08. The fourth-order valence-corrected chi connectivity index (χ4v) is 3.23. The first-order chi connectivity index (χ1) is 6.76. The van der Waals surface area contributed by atoms with Crippen molar-refractivity contribution in [1.29, 1.82) is 0 Å². The van der Waals surface area contributed by atoms with Gasteiger partial charge >= 0.3 is 0 Å². The fraction of sp³-hybridized carbons (Fsp3) is 0.750. The van der Waals surface area contributed by atoms with Crippen LogP contribution in [0.1, 0.15) is 13.8 Å². The van der Waals surface area contributed by atoms with Gasteiger partial charge in [0.05, 0.1) is 0 Å². The molecule has 6 heteroatoms. The molecule has 0 unspecified atom stereocenters. The summed E-state index contributed by atoms with van der Waals surface area (Å²) in [5.41, 5.74) is 0. The van der Waals surface area contributed by atoms with Gasteiger partial charge in [-0.15, -0.1) is 0 Å². The molecule has 1 aromatic rings. The minimum atomic E-state index is 0.760. The number of thioether (sulfide) groups is 1. The van der Waals surface area contributed by atoms with Crippen molar-refractivity contribution >= 4 is 35.3 Å². The third-order valence-electron chi connectivity index (χ3n) is 1.95. The summed E-state index contributed by atoms with van der Waals surface area (Å²) < 4.78 is 1.80. The van der Waals surface area contributed by atoms with Gasteiger partial charge in [0.15, 0.2) is 8.29 Å². The second-order valence-electron chi connectivity index (χ2n) is 2.75. The number of hydrogen-bond donors (Lipinski definition) is 1. The molecule has 0 aliphatic carbocycles. The Bertz CT molecular complexity index is 303. The van der Waals surface area contributed by atoms with Crippen molar-refractivity contribution in [3.8, 4) is 0 Å².